The monoisotopic (exact) mass is 424 g/mol. The molecule has 0 unspecified atom stereocenters. The van der Waals surface area contributed by atoms with Crippen molar-refractivity contribution in [2.45, 2.75) is 16.7 Å². The maximum atomic E-state index is 12.9. The third kappa shape index (κ3) is 3.30. The van der Waals surface area contributed by atoms with Crippen LogP contribution in [-0.4, -0.2) is 27.6 Å². The zero-order valence-electron chi connectivity index (χ0n) is 16.3. The van der Waals surface area contributed by atoms with Crippen LogP contribution in [0.5, 0.6) is 0 Å². The lowest BCUT2D eigenvalue weighted by Gasteiger charge is -2.31. The van der Waals surface area contributed by atoms with Crippen LogP contribution >= 0.6 is 11.8 Å². The summed E-state index contributed by atoms with van der Waals surface area (Å²) in [4.78, 5) is 14.2. The van der Waals surface area contributed by atoms with Crippen molar-refractivity contribution < 1.29 is 13.2 Å². The first-order chi connectivity index (χ1) is 13.8. The highest BCUT2D eigenvalue weighted by atomic mass is 32.2. The van der Waals surface area contributed by atoms with E-state index in [0.29, 0.717) is 16.8 Å². The standard InChI is InChI=1S/C22H20N2O3S2/c1-14-11-15(22(25)23-16-7-6-8-17(13-16)28-3)12-19-18-9-4-5-10-20(18)29(26,27)24(2)21(14)19/h4-13H,1-3H3,(H,23,25). The van der Waals surface area contributed by atoms with Crippen molar-refractivity contribution in [3.8, 4) is 11.1 Å². The first kappa shape index (κ1) is 19.5. The molecule has 1 N–H and O–H groups in total. The van der Waals surface area contributed by atoms with Gasteiger partial charge in [-0.1, -0.05) is 24.3 Å². The van der Waals surface area contributed by atoms with Crippen LogP contribution in [0.4, 0.5) is 11.4 Å². The van der Waals surface area contributed by atoms with Crippen molar-refractivity contribution in [1.82, 2.24) is 0 Å². The van der Waals surface area contributed by atoms with Gasteiger partial charge in [0.1, 0.15) is 0 Å². The maximum absolute atomic E-state index is 12.9. The largest absolute Gasteiger partial charge is 0.322 e. The number of nitrogens with zero attached hydrogens (tertiary/aromatic N) is 1. The molecule has 0 aliphatic carbocycles. The van der Waals surface area contributed by atoms with Crippen molar-refractivity contribution >= 4 is 39.1 Å². The lowest BCUT2D eigenvalue weighted by molar-refractivity contribution is 0.102. The van der Waals surface area contributed by atoms with Gasteiger partial charge >= 0.3 is 0 Å². The summed E-state index contributed by atoms with van der Waals surface area (Å²) < 4.78 is 27.1. The molecule has 148 valence electrons. The molecule has 0 spiro atoms. The van der Waals surface area contributed by atoms with Gasteiger partial charge < -0.3 is 5.32 Å². The Morgan fingerprint density at radius 2 is 1.76 bits per heavy atom. The lowest BCUT2D eigenvalue weighted by atomic mass is 9.96. The zero-order valence-corrected chi connectivity index (χ0v) is 17.9. The highest BCUT2D eigenvalue weighted by Crippen LogP contribution is 2.44. The van der Waals surface area contributed by atoms with Gasteiger partial charge in [-0.3, -0.25) is 9.10 Å². The van der Waals surface area contributed by atoms with Crippen molar-refractivity contribution in [3.63, 3.8) is 0 Å². The molecule has 1 amide bonds. The number of nitrogens with one attached hydrogen (secondary N) is 1. The Kier molecular flexibility index (Phi) is 4.88. The van der Waals surface area contributed by atoms with Crippen LogP contribution in [-0.2, 0) is 10.0 Å². The number of benzene rings is 3. The predicted molar refractivity (Wildman–Crippen MR) is 118 cm³/mol. The molecule has 3 aromatic rings. The molecule has 0 saturated carbocycles. The normalized spacial score (nSPS) is 14.1. The fourth-order valence-electron chi connectivity index (χ4n) is 3.62. The van der Waals surface area contributed by atoms with Gasteiger partial charge in [0, 0.05) is 34.3 Å². The summed E-state index contributed by atoms with van der Waals surface area (Å²) in [5.74, 6) is -0.234. The topological polar surface area (TPSA) is 66.5 Å². The SMILES string of the molecule is CSc1cccc(NC(=O)c2cc(C)c3c(c2)-c2ccccc2S(=O)(=O)N3C)c1. The molecular formula is C22H20N2O3S2. The number of hydrogen-bond donors (Lipinski definition) is 1. The number of aryl methyl sites for hydroxylation is 1. The van der Waals surface area contributed by atoms with E-state index in [0.717, 1.165) is 21.7 Å². The third-order valence-corrected chi connectivity index (χ3v) is 7.56. The molecule has 5 nitrogen and oxygen atoms in total. The van der Waals surface area contributed by atoms with Gasteiger partial charge in [0.15, 0.2) is 0 Å². The molecule has 1 aliphatic heterocycles. The second-order valence-electron chi connectivity index (χ2n) is 6.84. The summed E-state index contributed by atoms with van der Waals surface area (Å²) in [5, 5.41) is 2.93. The molecule has 29 heavy (non-hydrogen) atoms. The minimum Gasteiger partial charge on any atom is -0.322 e. The van der Waals surface area contributed by atoms with Gasteiger partial charge in [-0.25, -0.2) is 8.42 Å². The van der Waals surface area contributed by atoms with Crippen molar-refractivity contribution in [1.29, 1.82) is 0 Å². The van der Waals surface area contributed by atoms with Crippen LogP contribution in [0.3, 0.4) is 0 Å². The average molecular weight is 425 g/mol. The number of carbonyl (C=O) groups excluding carboxylic acids is 1. The molecule has 0 atom stereocenters. The third-order valence-electron chi connectivity index (χ3n) is 5.02. The van der Waals surface area contributed by atoms with Crippen LogP contribution < -0.4 is 9.62 Å². The number of thioether (sulfide) groups is 1. The van der Waals surface area contributed by atoms with Crippen LogP contribution in [0.25, 0.3) is 11.1 Å². The van der Waals surface area contributed by atoms with Crippen molar-refractivity contribution in [2.75, 3.05) is 22.9 Å². The van der Waals surface area contributed by atoms with E-state index < -0.39 is 10.0 Å². The summed E-state index contributed by atoms with van der Waals surface area (Å²) in [5.41, 5.74) is 3.88. The summed E-state index contributed by atoms with van der Waals surface area (Å²) in [6, 6.07) is 18.0. The van der Waals surface area contributed by atoms with Crippen LogP contribution in [0.2, 0.25) is 0 Å². The summed E-state index contributed by atoms with van der Waals surface area (Å²) in [6.45, 7) is 1.82. The highest BCUT2D eigenvalue weighted by molar-refractivity contribution is 7.98. The summed E-state index contributed by atoms with van der Waals surface area (Å²) >= 11 is 1.61. The molecule has 4 rings (SSSR count). The number of amides is 1. The van der Waals surface area contributed by atoms with Gasteiger partial charge in [0.25, 0.3) is 15.9 Å². The number of hydrogen-bond acceptors (Lipinski definition) is 4. The molecule has 0 bridgehead atoms. The van der Waals surface area contributed by atoms with Crippen LogP contribution in [0, 0.1) is 6.92 Å². The Bertz CT molecular complexity index is 1240. The van der Waals surface area contributed by atoms with Crippen molar-refractivity contribution in [2.24, 2.45) is 0 Å². The van der Waals surface area contributed by atoms with Crippen LogP contribution in [0.15, 0.2) is 70.5 Å². The lowest BCUT2D eigenvalue weighted by Crippen LogP contribution is -2.31. The quantitative estimate of drug-likeness (QED) is 0.615. The molecular weight excluding hydrogens is 404 g/mol. The number of carbonyl (C=O) groups is 1. The maximum Gasteiger partial charge on any atom is 0.264 e. The van der Waals surface area contributed by atoms with Gasteiger partial charge in [-0.15, -0.1) is 11.8 Å². The van der Waals surface area contributed by atoms with E-state index in [1.165, 1.54) is 4.31 Å². The minimum absolute atomic E-state index is 0.234. The number of rotatable bonds is 3. The van der Waals surface area contributed by atoms with Crippen LogP contribution in [0.1, 0.15) is 15.9 Å². The second-order valence-corrected chi connectivity index (χ2v) is 9.66. The van der Waals surface area contributed by atoms with E-state index in [-0.39, 0.29) is 10.8 Å². The van der Waals surface area contributed by atoms with Gasteiger partial charge in [-0.2, -0.15) is 0 Å². The Labute approximate surface area is 174 Å². The smallest absolute Gasteiger partial charge is 0.264 e. The van der Waals surface area contributed by atoms with E-state index >= 15 is 0 Å². The Morgan fingerprint density at radius 3 is 2.52 bits per heavy atom. The molecule has 1 heterocycles. The van der Waals surface area contributed by atoms with E-state index in [2.05, 4.69) is 5.32 Å². The summed E-state index contributed by atoms with van der Waals surface area (Å²) in [7, 11) is -2.07. The predicted octanol–water partition coefficient (Wildman–Crippen LogP) is 4.77. The second kappa shape index (κ2) is 7.24. The number of sulfonamides is 1. The van der Waals surface area contributed by atoms with Gasteiger partial charge in [0.2, 0.25) is 0 Å². The molecule has 0 aromatic heterocycles. The molecule has 0 radical (unpaired) electrons. The Morgan fingerprint density at radius 1 is 1.00 bits per heavy atom. The van der Waals surface area contributed by atoms with E-state index in [9.17, 15) is 13.2 Å². The highest BCUT2D eigenvalue weighted by Gasteiger charge is 2.33. The molecule has 1 aliphatic rings. The van der Waals surface area contributed by atoms with E-state index in [1.807, 2.05) is 37.4 Å². The first-order valence-electron chi connectivity index (χ1n) is 9.01. The molecule has 0 fully saturated rings. The Balaban J connectivity index is 1.80. The fraction of sp³-hybridized carbons (Fsp3) is 0.136. The first-order valence-corrected chi connectivity index (χ1v) is 11.7. The summed E-state index contributed by atoms with van der Waals surface area (Å²) in [6.07, 6.45) is 1.98. The van der Waals surface area contributed by atoms with Crippen molar-refractivity contribution in [3.05, 3.63) is 71.8 Å². The minimum atomic E-state index is -3.62. The fourth-order valence-corrected chi connectivity index (χ4v) is 5.56. The molecule has 3 aromatic carbocycles. The van der Waals surface area contributed by atoms with E-state index in [1.54, 1.807) is 55.2 Å². The average Bonchev–Trinajstić information content (AvgIpc) is 2.72. The molecule has 7 heteroatoms. The number of fused-ring (bicyclic) bond motifs is 3. The number of anilines is 2. The van der Waals surface area contributed by atoms with Gasteiger partial charge in [0.05, 0.1) is 10.6 Å². The van der Waals surface area contributed by atoms with Gasteiger partial charge in [-0.05, 0) is 55.1 Å². The van der Waals surface area contributed by atoms with E-state index in [4.69, 9.17) is 0 Å². The Hall–Kier alpha value is -2.77. The zero-order chi connectivity index (χ0) is 20.8. The molecule has 0 saturated heterocycles.